The van der Waals surface area contributed by atoms with Gasteiger partial charge in [-0.3, -0.25) is 9.59 Å². The Balaban J connectivity index is 1.42. The number of amides is 1. The van der Waals surface area contributed by atoms with Crippen LogP contribution in [0.5, 0.6) is 0 Å². The fourth-order valence-corrected chi connectivity index (χ4v) is 5.16. The van der Waals surface area contributed by atoms with Crippen LogP contribution in [0.3, 0.4) is 0 Å². The van der Waals surface area contributed by atoms with Gasteiger partial charge in [0, 0.05) is 31.3 Å². The molecule has 2 aromatic carbocycles. The van der Waals surface area contributed by atoms with Crippen LogP contribution in [-0.2, 0) is 11.3 Å². The summed E-state index contributed by atoms with van der Waals surface area (Å²) in [4.78, 5) is 33.2. The molecular weight excluding hydrogens is 470 g/mol. The van der Waals surface area contributed by atoms with Crippen molar-refractivity contribution < 1.29 is 13.6 Å². The Hall–Kier alpha value is -3.59. The van der Waals surface area contributed by atoms with E-state index in [2.05, 4.69) is 5.32 Å². The first-order valence-electron chi connectivity index (χ1n) is 11.4. The Labute approximate surface area is 204 Å². The number of rotatable bonds is 5. The van der Waals surface area contributed by atoms with Crippen molar-refractivity contribution in [3.8, 4) is 5.69 Å². The van der Waals surface area contributed by atoms with Crippen LogP contribution >= 0.6 is 11.3 Å². The van der Waals surface area contributed by atoms with Gasteiger partial charge in [0.1, 0.15) is 16.3 Å². The van der Waals surface area contributed by atoms with Crippen LogP contribution in [0.1, 0.15) is 24.0 Å². The summed E-state index contributed by atoms with van der Waals surface area (Å²) in [7, 11) is 0. The maximum Gasteiger partial charge on any atom is 0.277 e. The summed E-state index contributed by atoms with van der Waals surface area (Å²) in [5, 5.41) is 4.63. The van der Waals surface area contributed by atoms with Crippen LogP contribution in [-0.4, -0.2) is 28.5 Å². The number of benzene rings is 2. The zero-order valence-corrected chi connectivity index (χ0v) is 19.9. The van der Waals surface area contributed by atoms with Gasteiger partial charge in [0.2, 0.25) is 11.9 Å². The second kappa shape index (κ2) is 9.58. The van der Waals surface area contributed by atoms with E-state index in [4.69, 9.17) is 4.98 Å². The molecule has 1 saturated heterocycles. The molecule has 4 aromatic rings. The predicted molar refractivity (Wildman–Crippen MR) is 133 cm³/mol. The van der Waals surface area contributed by atoms with Gasteiger partial charge in [-0.2, -0.15) is 0 Å². The molecule has 9 heteroatoms. The van der Waals surface area contributed by atoms with Crippen molar-refractivity contribution in [1.82, 2.24) is 14.9 Å². The highest BCUT2D eigenvalue weighted by atomic mass is 32.1. The Morgan fingerprint density at radius 1 is 1.17 bits per heavy atom. The lowest BCUT2D eigenvalue weighted by Crippen LogP contribution is -2.45. The fourth-order valence-electron chi connectivity index (χ4n) is 4.40. The largest absolute Gasteiger partial charge is 0.352 e. The number of aryl methyl sites for hydroxylation is 1. The zero-order valence-electron chi connectivity index (χ0n) is 19.1. The van der Waals surface area contributed by atoms with Gasteiger partial charge in [-0.25, -0.2) is 18.3 Å². The molecule has 0 bridgehead atoms. The minimum atomic E-state index is -0.689. The molecule has 1 fully saturated rings. The highest BCUT2D eigenvalue weighted by Gasteiger charge is 2.29. The number of nitrogens with one attached hydrogen (secondary N) is 1. The molecule has 0 unspecified atom stereocenters. The number of nitrogens with zero attached hydrogens (tertiary/aromatic N) is 3. The molecule has 1 amide bonds. The number of piperidine rings is 1. The molecule has 0 aliphatic carbocycles. The van der Waals surface area contributed by atoms with Crippen LogP contribution in [0.25, 0.3) is 15.9 Å². The van der Waals surface area contributed by atoms with Gasteiger partial charge in [0.05, 0.1) is 17.1 Å². The van der Waals surface area contributed by atoms with E-state index in [1.54, 1.807) is 4.57 Å². The van der Waals surface area contributed by atoms with Crippen molar-refractivity contribution in [2.75, 3.05) is 18.0 Å². The van der Waals surface area contributed by atoms with E-state index in [9.17, 15) is 18.4 Å². The number of anilines is 1. The van der Waals surface area contributed by atoms with Crippen LogP contribution < -0.4 is 15.8 Å². The van der Waals surface area contributed by atoms with Gasteiger partial charge in [-0.05, 0) is 49.4 Å². The van der Waals surface area contributed by atoms with E-state index in [1.165, 1.54) is 23.5 Å². The summed E-state index contributed by atoms with van der Waals surface area (Å²) in [6.45, 7) is 3.00. The third kappa shape index (κ3) is 4.68. The minimum Gasteiger partial charge on any atom is -0.352 e. The molecule has 0 spiro atoms. The Kier molecular flexibility index (Phi) is 6.34. The average molecular weight is 495 g/mol. The summed E-state index contributed by atoms with van der Waals surface area (Å²) in [6.07, 6.45) is 1.41. The average Bonchev–Trinajstić information content (AvgIpc) is 3.33. The maximum atomic E-state index is 14.0. The Morgan fingerprint density at radius 2 is 1.97 bits per heavy atom. The molecule has 3 heterocycles. The molecule has 0 saturated carbocycles. The molecule has 180 valence electrons. The van der Waals surface area contributed by atoms with Gasteiger partial charge < -0.3 is 10.2 Å². The monoisotopic (exact) mass is 494 g/mol. The van der Waals surface area contributed by atoms with Crippen molar-refractivity contribution in [3.63, 3.8) is 0 Å². The van der Waals surface area contributed by atoms with Crippen LogP contribution in [0.4, 0.5) is 14.7 Å². The van der Waals surface area contributed by atoms with Gasteiger partial charge in [0.15, 0.2) is 0 Å². The molecule has 1 aliphatic heterocycles. The van der Waals surface area contributed by atoms with Gasteiger partial charge in [-0.15, -0.1) is 11.3 Å². The minimum absolute atomic E-state index is 0.0192. The first-order valence-corrected chi connectivity index (χ1v) is 12.3. The first kappa shape index (κ1) is 23.2. The molecule has 5 rings (SSSR count). The molecule has 35 heavy (non-hydrogen) atoms. The van der Waals surface area contributed by atoms with E-state index in [0.29, 0.717) is 35.7 Å². The third-order valence-electron chi connectivity index (χ3n) is 6.30. The van der Waals surface area contributed by atoms with Crippen LogP contribution in [0.2, 0.25) is 0 Å². The summed E-state index contributed by atoms with van der Waals surface area (Å²) >= 11 is 1.36. The lowest BCUT2D eigenvalue weighted by atomic mass is 9.97. The van der Waals surface area contributed by atoms with Crippen molar-refractivity contribution in [2.45, 2.75) is 26.3 Å². The molecule has 0 radical (unpaired) electrons. The number of thiophene rings is 1. The van der Waals surface area contributed by atoms with E-state index in [-0.39, 0.29) is 29.5 Å². The van der Waals surface area contributed by atoms with Crippen LogP contribution in [0.15, 0.2) is 58.7 Å². The number of fused-ring (bicyclic) bond motifs is 1. The molecule has 1 N–H and O–H groups in total. The molecule has 6 nitrogen and oxygen atoms in total. The molecule has 2 aromatic heterocycles. The molecular formula is C26H24F2N4O2S. The maximum absolute atomic E-state index is 14.0. The van der Waals surface area contributed by atoms with Gasteiger partial charge >= 0.3 is 0 Å². The summed E-state index contributed by atoms with van der Waals surface area (Å²) in [5.74, 6) is -1.40. The lowest BCUT2D eigenvalue weighted by Gasteiger charge is -2.34. The normalized spacial score (nSPS) is 16.0. The molecule has 1 atom stereocenters. The number of carbonyl (C=O) groups is 1. The second-order valence-corrected chi connectivity index (χ2v) is 9.68. The van der Waals surface area contributed by atoms with Crippen molar-refractivity contribution in [3.05, 3.63) is 87.0 Å². The quantitative estimate of drug-likeness (QED) is 0.442. The summed E-state index contributed by atoms with van der Waals surface area (Å²) in [6, 6.07) is 12.8. The zero-order chi connectivity index (χ0) is 24.5. The molecule has 1 aliphatic rings. The van der Waals surface area contributed by atoms with Crippen molar-refractivity contribution in [1.29, 1.82) is 0 Å². The highest BCUT2D eigenvalue weighted by molar-refractivity contribution is 7.17. The van der Waals surface area contributed by atoms with Crippen molar-refractivity contribution in [2.24, 2.45) is 5.92 Å². The predicted octanol–water partition coefficient (Wildman–Crippen LogP) is 4.57. The smallest absolute Gasteiger partial charge is 0.277 e. The van der Waals surface area contributed by atoms with E-state index in [0.717, 1.165) is 23.7 Å². The topological polar surface area (TPSA) is 67.2 Å². The number of aromatic nitrogens is 2. The Bertz CT molecular complexity index is 1450. The van der Waals surface area contributed by atoms with Crippen LogP contribution in [0, 0.1) is 24.5 Å². The highest BCUT2D eigenvalue weighted by Crippen LogP contribution is 2.27. The van der Waals surface area contributed by atoms with E-state index < -0.39 is 11.6 Å². The van der Waals surface area contributed by atoms with E-state index >= 15 is 0 Å². The summed E-state index contributed by atoms with van der Waals surface area (Å²) in [5.41, 5.74) is 2.53. The van der Waals surface area contributed by atoms with E-state index in [1.807, 2.05) is 47.5 Å². The third-order valence-corrected chi connectivity index (χ3v) is 7.19. The fraction of sp³-hybridized carbons (Fsp3) is 0.269. The first-order chi connectivity index (χ1) is 16.9. The SMILES string of the molecule is Cc1ccc(-n2c(N3CCC[C@H](C(=O)NCc4ccc(F)cc4F)C3)nc3ccsc3c2=O)cc1. The second-order valence-electron chi connectivity index (χ2n) is 8.76. The lowest BCUT2D eigenvalue weighted by molar-refractivity contribution is -0.125. The number of carbonyl (C=O) groups excluding carboxylic acids is 1. The number of halogens is 2. The number of hydrogen-bond acceptors (Lipinski definition) is 5. The van der Waals surface area contributed by atoms with Crippen molar-refractivity contribution >= 4 is 33.4 Å². The van der Waals surface area contributed by atoms with Gasteiger partial charge in [-0.1, -0.05) is 23.8 Å². The van der Waals surface area contributed by atoms with Gasteiger partial charge in [0.25, 0.3) is 5.56 Å². The Morgan fingerprint density at radius 3 is 2.74 bits per heavy atom. The summed E-state index contributed by atoms with van der Waals surface area (Å²) < 4.78 is 29.3. The number of hydrogen-bond donors (Lipinski definition) is 1. The standard InChI is InChI=1S/C26H24F2N4O2S/c1-16-4-8-20(9-5-16)32-25(34)23-22(10-12-35-23)30-26(32)31-11-2-3-18(15-31)24(33)29-14-17-6-7-19(27)13-21(17)28/h4-10,12-13,18H,2-3,11,14-15H2,1H3,(H,29,33)/t18-/m0/s1.